The van der Waals surface area contributed by atoms with Gasteiger partial charge in [-0.05, 0) is 0 Å². The second kappa shape index (κ2) is 3.80. The van der Waals surface area contributed by atoms with E-state index in [2.05, 4.69) is 13.0 Å². The molecule has 38 valence electrons. The van der Waals surface area contributed by atoms with Gasteiger partial charge in [0.2, 0.25) is 0 Å². The van der Waals surface area contributed by atoms with E-state index in [0.717, 1.165) is 0 Å². The van der Waals surface area contributed by atoms with Crippen molar-refractivity contribution in [3.05, 3.63) is 35.9 Å². The number of aryl methyl sites for hydroxylation is 1. The zero-order valence-electron chi connectivity index (χ0n) is 5.02. The molecule has 8 heavy (non-hydrogen) atoms. The van der Waals surface area contributed by atoms with E-state index in [1.807, 2.05) is 24.3 Å². The molecule has 0 aliphatic carbocycles. The number of hydrogen-bond acceptors (Lipinski definition) is 0. The Morgan fingerprint density at radius 2 is 1.75 bits per heavy atom. The molecule has 1 rings (SSSR count). The second-order valence-corrected chi connectivity index (χ2v) is 1.58. The molecule has 0 radical (unpaired) electrons. The minimum atomic E-state index is 0. The van der Waals surface area contributed by atoms with Gasteiger partial charge in [-0.3, -0.25) is 0 Å². The van der Waals surface area contributed by atoms with Crippen LogP contribution in [-0.2, 0) is 19.5 Å². The Morgan fingerprint density at radius 3 is 2.00 bits per heavy atom. The molecule has 0 saturated carbocycles. The summed E-state index contributed by atoms with van der Waals surface area (Å²) >= 11 is 0. The molecule has 0 N–H and O–H groups in total. The fourth-order valence-electron chi connectivity index (χ4n) is 0.470. The molecule has 0 saturated heterocycles. The van der Waals surface area contributed by atoms with Crippen LogP contribution in [0, 0.1) is 13.0 Å². The standard InChI is InChI=1S/C7H7.Zn/c1-7-5-3-2-4-6-7;/h3-6H,1H3;/q-1;. The van der Waals surface area contributed by atoms with Crippen molar-refractivity contribution < 1.29 is 19.5 Å². The molecule has 1 heteroatoms. The zero-order valence-corrected chi connectivity index (χ0v) is 7.98. The van der Waals surface area contributed by atoms with Crippen LogP contribution in [0.25, 0.3) is 0 Å². The first-order chi connectivity index (χ1) is 3.39. The van der Waals surface area contributed by atoms with E-state index in [4.69, 9.17) is 0 Å². The minimum absolute atomic E-state index is 0. The average molecular weight is 157 g/mol. The third-order valence-corrected chi connectivity index (χ3v) is 0.885. The van der Waals surface area contributed by atoms with Crippen LogP contribution in [0.2, 0.25) is 0 Å². The Labute approximate surface area is 62.7 Å². The monoisotopic (exact) mass is 155 g/mol. The van der Waals surface area contributed by atoms with E-state index >= 15 is 0 Å². The van der Waals surface area contributed by atoms with E-state index < -0.39 is 0 Å². The first-order valence-corrected chi connectivity index (χ1v) is 2.32. The minimum Gasteiger partial charge on any atom is -0.184 e. The molecule has 1 aromatic rings. The third-order valence-electron chi connectivity index (χ3n) is 0.885. The Bertz CT molecular complexity index is 134. The molecular formula is C7H7Zn-. The van der Waals surface area contributed by atoms with Gasteiger partial charge < -0.3 is 0 Å². The van der Waals surface area contributed by atoms with E-state index in [1.54, 1.807) is 0 Å². The van der Waals surface area contributed by atoms with Crippen molar-refractivity contribution in [1.82, 2.24) is 0 Å². The van der Waals surface area contributed by atoms with E-state index in [0.29, 0.717) is 0 Å². The average Bonchev–Trinajstić information content (AvgIpc) is 1.69. The predicted octanol–water partition coefficient (Wildman–Crippen LogP) is 1.79. The van der Waals surface area contributed by atoms with Crippen LogP contribution in [-0.4, -0.2) is 0 Å². The van der Waals surface area contributed by atoms with Crippen LogP contribution >= 0.6 is 0 Å². The number of benzene rings is 1. The van der Waals surface area contributed by atoms with E-state index in [1.165, 1.54) is 5.56 Å². The van der Waals surface area contributed by atoms with Gasteiger partial charge >= 0.3 is 0 Å². The van der Waals surface area contributed by atoms with Gasteiger partial charge in [0.05, 0.1) is 0 Å². The van der Waals surface area contributed by atoms with Crippen LogP contribution in [0.1, 0.15) is 5.56 Å². The van der Waals surface area contributed by atoms with E-state index in [9.17, 15) is 0 Å². The predicted molar refractivity (Wildman–Crippen MR) is 30.0 cm³/mol. The van der Waals surface area contributed by atoms with Crippen LogP contribution in [0.15, 0.2) is 24.3 Å². The topological polar surface area (TPSA) is 0 Å². The first kappa shape index (κ1) is 7.84. The van der Waals surface area contributed by atoms with Crippen molar-refractivity contribution in [1.29, 1.82) is 0 Å². The fourth-order valence-corrected chi connectivity index (χ4v) is 0.470. The van der Waals surface area contributed by atoms with Gasteiger partial charge in [0.25, 0.3) is 0 Å². The summed E-state index contributed by atoms with van der Waals surface area (Å²) in [4.78, 5) is 0. The summed E-state index contributed by atoms with van der Waals surface area (Å²) in [6.07, 6.45) is 0. The van der Waals surface area contributed by atoms with Gasteiger partial charge in [0, 0.05) is 19.5 Å². The third kappa shape index (κ3) is 2.23. The molecule has 0 unspecified atom stereocenters. The van der Waals surface area contributed by atoms with Gasteiger partial charge in [-0.25, -0.2) is 0 Å². The summed E-state index contributed by atoms with van der Waals surface area (Å²) in [7, 11) is 0. The summed E-state index contributed by atoms with van der Waals surface area (Å²) in [5.74, 6) is 0. The smallest absolute Gasteiger partial charge is 0 e. The Hall–Kier alpha value is -0.157. The van der Waals surface area contributed by atoms with Gasteiger partial charge in [0.15, 0.2) is 0 Å². The van der Waals surface area contributed by atoms with Crippen LogP contribution in [0.4, 0.5) is 0 Å². The Kier molecular flexibility index (Phi) is 3.72. The van der Waals surface area contributed by atoms with Crippen molar-refractivity contribution in [2.75, 3.05) is 0 Å². The summed E-state index contributed by atoms with van der Waals surface area (Å²) in [5, 5.41) is 0. The molecule has 0 atom stereocenters. The molecule has 0 heterocycles. The maximum Gasteiger partial charge on any atom is 0 e. The largest absolute Gasteiger partial charge is 0.184 e. The molecule has 0 amide bonds. The van der Waals surface area contributed by atoms with Crippen LogP contribution in [0.5, 0.6) is 0 Å². The van der Waals surface area contributed by atoms with Crippen molar-refractivity contribution in [3.63, 3.8) is 0 Å². The fraction of sp³-hybridized carbons (Fsp3) is 0.143. The van der Waals surface area contributed by atoms with Gasteiger partial charge in [-0.1, -0.05) is 6.92 Å². The first-order valence-electron chi connectivity index (χ1n) is 2.32. The molecule has 0 bridgehead atoms. The quantitative estimate of drug-likeness (QED) is 0.397. The van der Waals surface area contributed by atoms with Gasteiger partial charge in [0.1, 0.15) is 0 Å². The van der Waals surface area contributed by atoms with Crippen molar-refractivity contribution >= 4 is 0 Å². The number of hydrogen-bond donors (Lipinski definition) is 0. The SMILES string of the molecule is Cc1cc[c-]cc1.[Zn]. The molecule has 0 spiro atoms. The normalized spacial score (nSPS) is 7.62. The summed E-state index contributed by atoms with van der Waals surface area (Å²) in [6.45, 7) is 2.06. The van der Waals surface area contributed by atoms with Crippen LogP contribution in [0.3, 0.4) is 0 Å². The summed E-state index contributed by atoms with van der Waals surface area (Å²) in [5.41, 5.74) is 1.29. The zero-order chi connectivity index (χ0) is 5.11. The molecule has 0 fully saturated rings. The summed E-state index contributed by atoms with van der Waals surface area (Å²) in [6, 6.07) is 10.8. The van der Waals surface area contributed by atoms with Gasteiger partial charge in [-0.2, -0.15) is 35.9 Å². The molecule has 0 aliphatic rings. The van der Waals surface area contributed by atoms with Crippen LogP contribution < -0.4 is 0 Å². The maximum atomic E-state index is 2.93. The Balaban J connectivity index is 0.000000490. The maximum absolute atomic E-state index is 2.93. The number of rotatable bonds is 0. The Morgan fingerprint density at radius 1 is 1.25 bits per heavy atom. The molecule has 1 aromatic carbocycles. The molecule has 0 aliphatic heterocycles. The van der Waals surface area contributed by atoms with E-state index in [-0.39, 0.29) is 19.5 Å². The summed E-state index contributed by atoms with van der Waals surface area (Å²) < 4.78 is 0. The van der Waals surface area contributed by atoms with Crippen molar-refractivity contribution in [2.45, 2.75) is 6.92 Å². The van der Waals surface area contributed by atoms with Crippen molar-refractivity contribution in [3.8, 4) is 0 Å². The van der Waals surface area contributed by atoms with Gasteiger partial charge in [-0.15, -0.1) is 0 Å². The van der Waals surface area contributed by atoms with Crippen molar-refractivity contribution in [2.24, 2.45) is 0 Å². The molecule has 0 aromatic heterocycles. The molecule has 0 nitrogen and oxygen atoms in total. The second-order valence-electron chi connectivity index (χ2n) is 1.58. The molecular weight excluding hydrogens is 149 g/mol.